The number of hydrogen-bond acceptors (Lipinski definition) is 2. The molecule has 0 aliphatic carbocycles. The molecule has 3 rings (SSSR count). The molecular weight excluding hydrogens is 312 g/mol. The molecule has 2 unspecified atom stereocenters. The molecule has 132 valence electrons. The van der Waals surface area contributed by atoms with Crippen molar-refractivity contribution < 1.29 is 13.7 Å². The van der Waals surface area contributed by atoms with Crippen LogP contribution < -0.4 is 9.25 Å². The first-order chi connectivity index (χ1) is 12.0. The molecule has 3 aromatic rings. The van der Waals surface area contributed by atoms with Crippen LogP contribution >= 0.6 is 0 Å². The summed E-state index contributed by atoms with van der Waals surface area (Å²) < 4.78 is 9.76. The number of rotatable bonds is 7. The smallest absolute Gasteiger partial charge is 0.199 e. The topological polar surface area (TPSA) is 49.6 Å². The second kappa shape index (κ2) is 7.64. The largest absolute Gasteiger partial charge is 0.448 e. The van der Waals surface area contributed by atoms with Crippen LogP contribution in [0.5, 0.6) is 0 Å². The molecule has 1 N–H and O–H groups in total. The lowest BCUT2D eigenvalue weighted by Gasteiger charge is -2.06. The molecule has 0 fully saturated rings. The number of H-pyrrole nitrogens is 1. The normalized spacial score (nSPS) is 14.0. The SMILES string of the molecule is CC(C)c1cc[n+](CC(C)c2c[nH][n+](CC(C)c3cnco3)c2)cc1. The van der Waals surface area contributed by atoms with Crippen LogP contribution in [0.4, 0.5) is 0 Å². The van der Waals surface area contributed by atoms with E-state index < -0.39 is 0 Å². The number of aromatic amines is 1. The number of hydrogen-bond donors (Lipinski definition) is 1. The van der Waals surface area contributed by atoms with Gasteiger partial charge in [-0.2, -0.15) is 5.10 Å². The molecule has 0 aliphatic heterocycles. The van der Waals surface area contributed by atoms with E-state index >= 15 is 0 Å². The summed E-state index contributed by atoms with van der Waals surface area (Å²) in [4.78, 5) is 3.99. The van der Waals surface area contributed by atoms with Crippen molar-refractivity contribution in [2.75, 3.05) is 0 Å². The molecule has 0 amide bonds. The highest BCUT2D eigenvalue weighted by Gasteiger charge is 2.20. The Morgan fingerprint density at radius 3 is 2.44 bits per heavy atom. The van der Waals surface area contributed by atoms with Crippen molar-refractivity contribution in [3.8, 4) is 0 Å². The molecule has 0 aliphatic rings. The van der Waals surface area contributed by atoms with E-state index in [4.69, 9.17) is 4.42 Å². The van der Waals surface area contributed by atoms with Crippen LogP contribution in [0, 0.1) is 0 Å². The van der Waals surface area contributed by atoms with Gasteiger partial charge in [-0.25, -0.2) is 9.55 Å². The minimum Gasteiger partial charge on any atom is -0.448 e. The Labute approximate surface area is 149 Å². The number of oxazole rings is 1. The van der Waals surface area contributed by atoms with Gasteiger partial charge in [-0.05, 0) is 18.4 Å². The lowest BCUT2D eigenvalue weighted by Crippen LogP contribution is -2.37. The second-order valence-corrected chi connectivity index (χ2v) is 7.24. The molecule has 25 heavy (non-hydrogen) atoms. The summed E-state index contributed by atoms with van der Waals surface area (Å²) in [5, 5.41) is 3.33. The third kappa shape index (κ3) is 4.35. The van der Waals surface area contributed by atoms with Crippen LogP contribution in [0.2, 0.25) is 0 Å². The van der Waals surface area contributed by atoms with Crippen molar-refractivity contribution in [1.82, 2.24) is 10.1 Å². The standard InChI is InChI=1S/C20H27N4O/c1-15(2)18-5-7-23(8-6-18)11-16(3)19-9-22-24(13-19)12-17(4)20-10-21-14-25-20/h5-10,13-17H,11-12H2,1-4H3/q+1/p+1. The van der Waals surface area contributed by atoms with Crippen LogP contribution in [0.1, 0.15) is 62.3 Å². The summed E-state index contributed by atoms with van der Waals surface area (Å²) in [5.74, 6) is 2.21. The molecule has 3 heterocycles. The van der Waals surface area contributed by atoms with E-state index in [0.717, 1.165) is 18.8 Å². The van der Waals surface area contributed by atoms with E-state index in [1.54, 1.807) is 6.20 Å². The van der Waals surface area contributed by atoms with Gasteiger partial charge in [0.05, 0.1) is 18.3 Å². The Kier molecular flexibility index (Phi) is 5.31. The molecule has 0 aromatic carbocycles. The molecule has 0 radical (unpaired) electrons. The monoisotopic (exact) mass is 340 g/mol. The van der Waals surface area contributed by atoms with Gasteiger partial charge in [0.25, 0.3) is 0 Å². The van der Waals surface area contributed by atoms with Crippen LogP contribution in [0.15, 0.2) is 53.9 Å². The van der Waals surface area contributed by atoms with Crippen LogP contribution in [-0.2, 0) is 13.1 Å². The molecule has 5 heteroatoms. The minimum atomic E-state index is 0.284. The van der Waals surface area contributed by atoms with Crippen molar-refractivity contribution in [2.45, 2.75) is 58.5 Å². The van der Waals surface area contributed by atoms with Crippen LogP contribution in [0.25, 0.3) is 0 Å². The molecule has 3 aromatic heterocycles. The first kappa shape index (κ1) is 17.4. The Hall–Kier alpha value is -2.43. The number of nitrogens with one attached hydrogen (secondary N) is 1. The maximum atomic E-state index is 5.39. The zero-order valence-electron chi connectivity index (χ0n) is 15.5. The van der Waals surface area contributed by atoms with Crippen molar-refractivity contribution in [1.29, 1.82) is 0 Å². The van der Waals surface area contributed by atoms with E-state index in [-0.39, 0.29) is 5.92 Å². The van der Waals surface area contributed by atoms with E-state index in [1.807, 2.05) is 0 Å². The lowest BCUT2D eigenvalue weighted by atomic mass is 10.0. The highest BCUT2D eigenvalue weighted by molar-refractivity contribution is 5.11. The summed E-state index contributed by atoms with van der Waals surface area (Å²) >= 11 is 0. The van der Waals surface area contributed by atoms with Crippen molar-refractivity contribution in [3.05, 3.63) is 66.4 Å². The quantitative estimate of drug-likeness (QED) is 0.671. The molecule has 0 saturated heterocycles. The average molecular weight is 340 g/mol. The van der Waals surface area contributed by atoms with Gasteiger partial charge in [-0.1, -0.05) is 20.8 Å². The number of aromatic nitrogens is 4. The van der Waals surface area contributed by atoms with Gasteiger partial charge < -0.3 is 4.42 Å². The average Bonchev–Trinajstić information content (AvgIpc) is 3.27. The lowest BCUT2D eigenvalue weighted by molar-refractivity contribution is -0.752. The molecule has 5 nitrogen and oxygen atoms in total. The summed E-state index contributed by atoms with van der Waals surface area (Å²) in [6.07, 6.45) is 11.9. The summed E-state index contributed by atoms with van der Waals surface area (Å²) in [6, 6.07) is 4.43. The molecule has 2 atom stereocenters. The zero-order valence-corrected chi connectivity index (χ0v) is 15.5. The van der Waals surface area contributed by atoms with E-state index in [0.29, 0.717) is 11.8 Å². The Morgan fingerprint density at radius 1 is 1.04 bits per heavy atom. The van der Waals surface area contributed by atoms with E-state index in [1.165, 1.54) is 17.5 Å². The molecular formula is C20H28N4O+2. The van der Waals surface area contributed by atoms with Crippen molar-refractivity contribution in [3.63, 3.8) is 0 Å². The van der Waals surface area contributed by atoms with Gasteiger partial charge in [0.2, 0.25) is 0 Å². The van der Waals surface area contributed by atoms with Crippen molar-refractivity contribution >= 4 is 0 Å². The maximum Gasteiger partial charge on any atom is 0.199 e. The molecule has 0 bridgehead atoms. The summed E-state index contributed by atoms with van der Waals surface area (Å²) in [5.41, 5.74) is 2.69. The fourth-order valence-electron chi connectivity index (χ4n) is 3.04. The first-order valence-corrected chi connectivity index (χ1v) is 8.98. The number of pyridine rings is 1. The van der Waals surface area contributed by atoms with Gasteiger partial charge in [0.15, 0.2) is 38.1 Å². The fourth-order valence-corrected chi connectivity index (χ4v) is 3.04. The predicted octanol–water partition coefficient (Wildman–Crippen LogP) is 3.31. The minimum absolute atomic E-state index is 0.284. The highest BCUT2D eigenvalue weighted by Crippen LogP contribution is 2.16. The fraction of sp³-hybridized carbons (Fsp3) is 0.450. The van der Waals surface area contributed by atoms with Gasteiger partial charge in [-0.3, -0.25) is 0 Å². The molecule has 0 saturated carbocycles. The maximum absolute atomic E-state index is 5.39. The third-order valence-electron chi connectivity index (χ3n) is 4.75. The van der Waals surface area contributed by atoms with Crippen LogP contribution in [0.3, 0.4) is 0 Å². The van der Waals surface area contributed by atoms with E-state index in [2.05, 4.69) is 83.9 Å². The Morgan fingerprint density at radius 2 is 1.80 bits per heavy atom. The van der Waals surface area contributed by atoms with E-state index in [9.17, 15) is 0 Å². The van der Waals surface area contributed by atoms with Crippen LogP contribution in [-0.4, -0.2) is 10.1 Å². The summed E-state index contributed by atoms with van der Waals surface area (Å²) in [7, 11) is 0. The second-order valence-electron chi connectivity index (χ2n) is 7.24. The van der Waals surface area contributed by atoms with Gasteiger partial charge >= 0.3 is 0 Å². The zero-order chi connectivity index (χ0) is 17.8. The molecule has 0 spiro atoms. The van der Waals surface area contributed by atoms with Gasteiger partial charge in [0.1, 0.15) is 5.76 Å². The summed E-state index contributed by atoms with van der Waals surface area (Å²) in [6.45, 7) is 10.7. The highest BCUT2D eigenvalue weighted by atomic mass is 16.3. The first-order valence-electron chi connectivity index (χ1n) is 8.98. The number of nitrogens with zero attached hydrogens (tertiary/aromatic N) is 3. The predicted molar refractivity (Wildman–Crippen MR) is 95.0 cm³/mol. The van der Waals surface area contributed by atoms with Crippen molar-refractivity contribution in [2.24, 2.45) is 0 Å². The Balaban J connectivity index is 1.61. The Bertz CT molecular complexity index is 774. The third-order valence-corrected chi connectivity index (χ3v) is 4.75. The van der Waals surface area contributed by atoms with Gasteiger partial charge in [-0.15, -0.1) is 4.68 Å². The van der Waals surface area contributed by atoms with Gasteiger partial charge in [0, 0.05) is 23.6 Å².